The van der Waals surface area contributed by atoms with Crippen molar-refractivity contribution >= 4 is 28.5 Å². The number of carbonyl (C=O) groups excluding carboxylic acids is 1. The zero-order valence-corrected chi connectivity index (χ0v) is 20.3. The second-order valence-corrected chi connectivity index (χ2v) is 9.77. The van der Waals surface area contributed by atoms with Crippen molar-refractivity contribution in [3.05, 3.63) is 53.6 Å². The van der Waals surface area contributed by atoms with Crippen molar-refractivity contribution in [2.75, 3.05) is 18.4 Å². The molecule has 1 aromatic heterocycles. The fourth-order valence-corrected chi connectivity index (χ4v) is 4.19. The molecule has 1 N–H and O–H groups in total. The van der Waals surface area contributed by atoms with Crippen LogP contribution in [0.2, 0.25) is 0 Å². The lowest BCUT2D eigenvalue weighted by atomic mass is 10.1. The highest BCUT2D eigenvalue weighted by atomic mass is 19.1. The Morgan fingerprint density at radius 2 is 1.97 bits per heavy atom. The summed E-state index contributed by atoms with van der Waals surface area (Å²) in [7, 11) is 0. The number of aryl methyl sites for hydroxylation is 2. The first-order valence-electron chi connectivity index (χ1n) is 11.5. The van der Waals surface area contributed by atoms with Crippen LogP contribution in [0.5, 0.6) is 5.75 Å². The molecule has 34 heavy (non-hydrogen) atoms. The van der Waals surface area contributed by atoms with E-state index in [4.69, 9.17) is 9.47 Å². The summed E-state index contributed by atoms with van der Waals surface area (Å²) in [6.07, 6.45) is 2.39. The molecule has 3 aromatic rings. The van der Waals surface area contributed by atoms with Gasteiger partial charge in [0.2, 0.25) is 0 Å². The normalized spacial score (nSPS) is 16.4. The highest BCUT2D eigenvalue weighted by molar-refractivity contribution is 5.94. The number of piperidine rings is 1. The maximum Gasteiger partial charge on any atom is 0.410 e. The summed E-state index contributed by atoms with van der Waals surface area (Å²) < 4.78 is 25.9. The number of nitrogens with zero attached hydrogens (tertiary/aromatic N) is 3. The Morgan fingerprint density at radius 1 is 1.18 bits per heavy atom. The fourth-order valence-electron chi connectivity index (χ4n) is 4.19. The summed E-state index contributed by atoms with van der Waals surface area (Å²) in [5.41, 5.74) is 3.02. The van der Waals surface area contributed by atoms with Crippen LogP contribution in [0.3, 0.4) is 0 Å². The standard InChI is InChI=1S/C26H31FN4O3/c1-16-11-17(2)23-21(12-16)28-15-29-24(23)30-20-9-8-18(27)13-22(20)33-19-7-6-10-31(14-19)25(32)34-26(3,4)5/h8-9,11-13,15,19H,6-7,10,14H2,1-5H3,(H,28,29,30). The number of anilines is 2. The second kappa shape index (κ2) is 9.44. The Bertz CT molecular complexity index is 1210. The van der Waals surface area contributed by atoms with Crippen molar-refractivity contribution in [1.82, 2.24) is 14.9 Å². The number of likely N-dealkylation sites (tertiary alicyclic amines) is 1. The number of halogens is 1. The van der Waals surface area contributed by atoms with Gasteiger partial charge in [-0.15, -0.1) is 0 Å². The van der Waals surface area contributed by atoms with Crippen LogP contribution in [-0.2, 0) is 4.74 Å². The number of hydrogen-bond acceptors (Lipinski definition) is 6. The molecule has 7 nitrogen and oxygen atoms in total. The monoisotopic (exact) mass is 466 g/mol. The zero-order chi connectivity index (χ0) is 24.5. The Balaban J connectivity index is 1.57. The summed E-state index contributed by atoms with van der Waals surface area (Å²) >= 11 is 0. The van der Waals surface area contributed by atoms with Crippen LogP contribution in [0.25, 0.3) is 10.9 Å². The molecular formula is C26H31FN4O3. The summed E-state index contributed by atoms with van der Waals surface area (Å²) in [6.45, 7) is 10.5. The van der Waals surface area contributed by atoms with Crippen molar-refractivity contribution in [3.63, 3.8) is 0 Å². The van der Waals surface area contributed by atoms with E-state index in [1.807, 2.05) is 40.7 Å². The molecule has 180 valence electrons. The van der Waals surface area contributed by atoms with E-state index < -0.39 is 11.4 Å². The van der Waals surface area contributed by atoms with E-state index in [0.717, 1.165) is 34.9 Å². The van der Waals surface area contributed by atoms with Gasteiger partial charge >= 0.3 is 6.09 Å². The van der Waals surface area contributed by atoms with Gasteiger partial charge in [-0.1, -0.05) is 6.07 Å². The SMILES string of the molecule is Cc1cc(C)c2c(Nc3ccc(F)cc3OC3CCCN(C(=O)OC(C)(C)C)C3)ncnc2c1. The van der Waals surface area contributed by atoms with E-state index in [2.05, 4.69) is 21.4 Å². The zero-order valence-electron chi connectivity index (χ0n) is 20.3. The van der Waals surface area contributed by atoms with Gasteiger partial charge in [0.1, 0.15) is 35.4 Å². The number of aromatic nitrogens is 2. The minimum absolute atomic E-state index is 0.282. The highest BCUT2D eigenvalue weighted by Crippen LogP contribution is 2.33. The lowest BCUT2D eigenvalue weighted by Gasteiger charge is -2.34. The Labute approximate surface area is 199 Å². The topological polar surface area (TPSA) is 76.6 Å². The molecule has 1 aliphatic rings. The van der Waals surface area contributed by atoms with E-state index in [1.54, 1.807) is 11.0 Å². The van der Waals surface area contributed by atoms with Crippen LogP contribution in [0.15, 0.2) is 36.7 Å². The second-order valence-electron chi connectivity index (χ2n) is 9.77. The van der Waals surface area contributed by atoms with Gasteiger partial charge in [0.05, 0.1) is 17.7 Å². The Hall–Kier alpha value is -3.42. The molecule has 1 aliphatic heterocycles. The van der Waals surface area contributed by atoms with E-state index >= 15 is 0 Å². The quantitative estimate of drug-likeness (QED) is 0.515. The first-order valence-corrected chi connectivity index (χ1v) is 11.5. The van der Waals surface area contributed by atoms with Gasteiger partial charge in [-0.05, 0) is 76.8 Å². The van der Waals surface area contributed by atoms with E-state index in [-0.39, 0.29) is 12.2 Å². The predicted octanol–water partition coefficient (Wildman–Crippen LogP) is 5.91. The van der Waals surface area contributed by atoms with Crippen molar-refractivity contribution in [2.45, 2.75) is 59.2 Å². The van der Waals surface area contributed by atoms with E-state index in [0.29, 0.717) is 30.3 Å². The van der Waals surface area contributed by atoms with Crippen LogP contribution in [0.1, 0.15) is 44.7 Å². The molecule has 2 heterocycles. The summed E-state index contributed by atoms with van der Waals surface area (Å²) in [5, 5.41) is 4.21. The van der Waals surface area contributed by atoms with Gasteiger partial charge in [-0.2, -0.15) is 0 Å². The van der Waals surface area contributed by atoms with Crippen LogP contribution < -0.4 is 10.1 Å². The van der Waals surface area contributed by atoms with Gasteiger partial charge in [-0.3, -0.25) is 0 Å². The molecule has 0 radical (unpaired) electrons. The molecule has 1 atom stereocenters. The summed E-state index contributed by atoms with van der Waals surface area (Å²) in [4.78, 5) is 23.0. The van der Waals surface area contributed by atoms with Crippen LogP contribution in [-0.4, -0.2) is 45.8 Å². The van der Waals surface area contributed by atoms with Crippen molar-refractivity contribution in [2.24, 2.45) is 0 Å². The highest BCUT2D eigenvalue weighted by Gasteiger charge is 2.29. The minimum Gasteiger partial charge on any atom is -0.486 e. The average molecular weight is 467 g/mol. The molecule has 0 aliphatic carbocycles. The fraction of sp³-hybridized carbons (Fsp3) is 0.423. The maximum atomic E-state index is 14.2. The van der Waals surface area contributed by atoms with E-state index in [1.165, 1.54) is 18.5 Å². The van der Waals surface area contributed by atoms with Gasteiger partial charge in [-0.25, -0.2) is 19.2 Å². The number of carbonyl (C=O) groups is 1. The van der Waals surface area contributed by atoms with Crippen molar-refractivity contribution in [3.8, 4) is 5.75 Å². The van der Waals surface area contributed by atoms with Crippen molar-refractivity contribution in [1.29, 1.82) is 0 Å². The third kappa shape index (κ3) is 5.55. The van der Waals surface area contributed by atoms with Crippen LogP contribution in [0, 0.1) is 19.7 Å². The molecule has 1 amide bonds. The lowest BCUT2D eigenvalue weighted by molar-refractivity contribution is 0.00781. The van der Waals surface area contributed by atoms with Gasteiger partial charge in [0.25, 0.3) is 0 Å². The first kappa shape index (κ1) is 23.7. The van der Waals surface area contributed by atoms with Gasteiger partial charge < -0.3 is 19.7 Å². The number of benzene rings is 2. The number of nitrogens with one attached hydrogen (secondary N) is 1. The molecule has 1 unspecified atom stereocenters. The average Bonchev–Trinajstić information content (AvgIpc) is 2.74. The number of rotatable bonds is 4. The minimum atomic E-state index is -0.568. The Kier molecular flexibility index (Phi) is 6.59. The number of fused-ring (bicyclic) bond motifs is 1. The third-order valence-electron chi connectivity index (χ3n) is 5.60. The van der Waals surface area contributed by atoms with Crippen molar-refractivity contribution < 1.29 is 18.7 Å². The van der Waals surface area contributed by atoms with Gasteiger partial charge in [0.15, 0.2) is 0 Å². The van der Waals surface area contributed by atoms with Crippen LogP contribution in [0.4, 0.5) is 20.7 Å². The molecule has 1 saturated heterocycles. The molecule has 8 heteroatoms. The summed E-state index contributed by atoms with van der Waals surface area (Å²) in [6, 6.07) is 8.45. The lowest BCUT2D eigenvalue weighted by Crippen LogP contribution is -2.46. The van der Waals surface area contributed by atoms with Crippen LogP contribution >= 0.6 is 0 Å². The summed E-state index contributed by atoms with van der Waals surface area (Å²) in [5.74, 6) is 0.588. The first-order chi connectivity index (χ1) is 16.1. The van der Waals surface area contributed by atoms with E-state index in [9.17, 15) is 9.18 Å². The molecule has 0 spiro atoms. The molecule has 4 rings (SSSR count). The van der Waals surface area contributed by atoms with Gasteiger partial charge in [0, 0.05) is 18.0 Å². The maximum absolute atomic E-state index is 14.2. The molecule has 0 saturated carbocycles. The molecule has 1 fully saturated rings. The largest absolute Gasteiger partial charge is 0.486 e. The molecule has 2 aromatic carbocycles. The molecular weight excluding hydrogens is 435 g/mol. The number of hydrogen-bond donors (Lipinski definition) is 1. The number of ether oxygens (including phenoxy) is 2. The smallest absolute Gasteiger partial charge is 0.410 e. The third-order valence-corrected chi connectivity index (χ3v) is 5.60. The molecule has 0 bridgehead atoms. The Morgan fingerprint density at radius 3 is 2.74 bits per heavy atom. The number of amides is 1. The predicted molar refractivity (Wildman–Crippen MR) is 130 cm³/mol.